The SMILES string of the molecule is CCCCc1oc2ccccc2c1CNC(=O)c1ccc(CN(Cc2ccc(C(F)(F)F)cc2)C(=O)C(=O)OCC)cc1. The number of carbonyl (C=O) groups is 3. The Morgan fingerprint density at radius 1 is 0.884 bits per heavy atom. The van der Waals surface area contributed by atoms with Crippen molar-refractivity contribution in [3.63, 3.8) is 0 Å². The molecule has 0 aliphatic heterocycles. The van der Waals surface area contributed by atoms with Crippen LogP contribution in [-0.4, -0.2) is 29.3 Å². The molecule has 7 nitrogen and oxygen atoms in total. The minimum atomic E-state index is -4.49. The zero-order valence-electron chi connectivity index (χ0n) is 24.0. The van der Waals surface area contributed by atoms with Crippen molar-refractivity contribution in [3.05, 3.63) is 106 Å². The summed E-state index contributed by atoms with van der Waals surface area (Å²) >= 11 is 0. The fourth-order valence-electron chi connectivity index (χ4n) is 4.68. The minimum absolute atomic E-state index is 0.00277. The molecule has 2 amide bonds. The molecule has 1 heterocycles. The molecule has 0 bridgehead atoms. The second-order valence-corrected chi connectivity index (χ2v) is 10.1. The van der Waals surface area contributed by atoms with E-state index in [-0.39, 0.29) is 25.6 Å². The summed E-state index contributed by atoms with van der Waals surface area (Å²) in [5, 5.41) is 3.92. The van der Waals surface area contributed by atoms with Crippen molar-refractivity contribution < 1.29 is 36.7 Å². The number of furan rings is 1. The molecule has 4 rings (SSSR count). The van der Waals surface area contributed by atoms with Gasteiger partial charge in [0.2, 0.25) is 0 Å². The van der Waals surface area contributed by atoms with Crippen LogP contribution in [0.4, 0.5) is 13.2 Å². The second-order valence-electron chi connectivity index (χ2n) is 10.1. The molecule has 0 aliphatic carbocycles. The van der Waals surface area contributed by atoms with Crippen molar-refractivity contribution in [3.8, 4) is 0 Å². The minimum Gasteiger partial charge on any atom is -0.461 e. The lowest BCUT2D eigenvalue weighted by Gasteiger charge is -2.22. The maximum absolute atomic E-state index is 13.0. The van der Waals surface area contributed by atoms with E-state index in [0.29, 0.717) is 23.2 Å². The summed E-state index contributed by atoms with van der Waals surface area (Å²) in [4.78, 5) is 39.2. The summed E-state index contributed by atoms with van der Waals surface area (Å²) in [7, 11) is 0. The highest BCUT2D eigenvalue weighted by Crippen LogP contribution is 2.30. The number of ether oxygens (including phenoxy) is 1. The van der Waals surface area contributed by atoms with E-state index >= 15 is 0 Å². The van der Waals surface area contributed by atoms with Crippen molar-refractivity contribution in [1.29, 1.82) is 0 Å². The lowest BCUT2D eigenvalue weighted by atomic mass is 10.1. The van der Waals surface area contributed by atoms with Crippen molar-refractivity contribution in [2.75, 3.05) is 6.61 Å². The van der Waals surface area contributed by atoms with Crippen LogP contribution < -0.4 is 5.32 Å². The molecule has 4 aromatic rings. The predicted molar refractivity (Wildman–Crippen MR) is 155 cm³/mol. The van der Waals surface area contributed by atoms with Gasteiger partial charge in [-0.25, -0.2) is 4.79 Å². The van der Waals surface area contributed by atoms with E-state index < -0.39 is 23.6 Å². The number of esters is 1. The number of amides is 2. The van der Waals surface area contributed by atoms with Gasteiger partial charge in [0.25, 0.3) is 5.91 Å². The molecule has 0 spiro atoms. The molecule has 226 valence electrons. The van der Waals surface area contributed by atoms with Gasteiger partial charge >= 0.3 is 18.1 Å². The van der Waals surface area contributed by atoms with E-state index in [0.717, 1.165) is 53.7 Å². The quantitative estimate of drug-likeness (QED) is 0.152. The Labute approximate surface area is 247 Å². The summed E-state index contributed by atoms with van der Waals surface area (Å²) in [6, 6.07) is 18.6. The number of nitrogens with one attached hydrogen (secondary N) is 1. The first-order valence-corrected chi connectivity index (χ1v) is 14.1. The molecular formula is C33H33F3N2O5. The zero-order chi connectivity index (χ0) is 31.0. The summed E-state index contributed by atoms with van der Waals surface area (Å²) in [5.41, 5.74) is 2.34. The van der Waals surface area contributed by atoms with Gasteiger partial charge in [-0.15, -0.1) is 0 Å². The number of alkyl halides is 3. The molecule has 1 N–H and O–H groups in total. The van der Waals surface area contributed by atoms with Gasteiger partial charge in [-0.3, -0.25) is 9.59 Å². The van der Waals surface area contributed by atoms with Crippen LogP contribution in [0.5, 0.6) is 0 Å². The molecule has 0 unspecified atom stereocenters. The molecule has 1 aromatic heterocycles. The standard InChI is InChI=1S/C33H33F3N2O5/c1-3-5-9-29-27(26-8-6-7-10-28(26)43-29)19-37-30(39)24-15-11-22(12-16-24)20-38(31(40)32(41)42-4-2)21-23-13-17-25(18-14-23)33(34,35)36/h6-8,10-18H,3-5,9,19-21H2,1-2H3,(H,37,39). The largest absolute Gasteiger partial charge is 0.461 e. The smallest absolute Gasteiger partial charge is 0.416 e. The van der Waals surface area contributed by atoms with Crippen LogP contribution in [0.3, 0.4) is 0 Å². The first kappa shape index (κ1) is 31.3. The van der Waals surface area contributed by atoms with Gasteiger partial charge in [0.15, 0.2) is 0 Å². The maximum Gasteiger partial charge on any atom is 0.416 e. The average molecular weight is 595 g/mol. The van der Waals surface area contributed by atoms with E-state index in [1.54, 1.807) is 31.2 Å². The lowest BCUT2D eigenvalue weighted by Crippen LogP contribution is -2.36. The topological polar surface area (TPSA) is 88.9 Å². The van der Waals surface area contributed by atoms with Crippen molar-refractivity contribution in [2.24, 2.45) is 0 Å². The molecule has 0 saturated heterocycles. The first-order chi connectivity index (χ1) is 20.6. The van der Waals surface area contributed by atoms with Gasteiger partial charge in [0.1, 0.15) is 11.3 Å². The number of rotatable bonds is 11. The number of hydrogen-bond acceptors (Lipinski definition) is 5. The third-order valence-electron chi connectivity index (χ3n) is 6.95. The number of halogens is 3. The second kappa shape index (κ2) is 14.0. The monoisotopic (exact) mass is 594 g/mol. The lowest BCUT2D eigenvalue weighted by molar-refractivity contribution is -0.160. The number of unbranched alkanes of at least 4 members (excludes halogenated alkanes) is 1. The number of benzene rings is 3. The average Bonchev–Trinajstić information content (AvgIpc) is 3.35. The van der Waals surface area contributed by atoms with E-state index in [1.165, 1.54) is 17.0 Å². The number of hydrogen-bond donors (Lipinski definition) is 1. The van der Waals surface area contributed by atoms with Crippen LogP contribution in [0.15, 0.2) is 77.2 Å². The normalized spacial score (nSPS) is 11.4. The third-order valence-corrected chi connectivity index (χ3v) is 6.95. The van der Waals surface area contributed by atoms with Crippen molar-refractivity contribution in [2.45, 2.75) is 58.9 Å². The van der Waals surface area contributed by atoms with Crippen molar-refractivity contribution >= 4 is 28.8 Å². The van der Waals surface area contributed by atoms with Gasteiger partial charge in [0, 0.05) is 42.6 Å². The van der Waals surface area contributed by atoms with Crippen molar-refractivity contribution in [1.82, 2.24) is 10.2 Å². The Kier molecular flexibility index (Phi) is 10.2. The number of aryl methyl sites for hydroxylation is 1. The molecule has 0 fully saturated rings. The predicted octanol–water partition coefficient (Wildman–Crippen LogP) is 6.82. The summed E-state index contributed by atoms with van der Waals surface area (Å²) in [6.07, 6.45) is -1.73. The Balaban J connectivity index is 1.45. The van der Waals surface area contributed by atoms with Crippen LogP contribution in [-0.2, 0) is 46.6 Å². The van der Waals surface area contributed by atoms with Gasteiger partial charge in [-0.2, -0.15) is 13.2 Å². The zero-order valence-corrected chi connectivity index (χ0v) is 24.0. The Bertz CT molecular complexity index is 1560. The van der Waals surface area contributed by atoms with Crippen LogP contribution in [0.25, 0.3) is 11.0 Å². The van der Waals surface area contributed by atoms with Gasteiger partial charge < -0.3 is 19.4 Å². The molecule has 0 radical (unpaired) electrons. The first-order valence-electron chi connectivity index (χ1n) is 14.1. The van der Waals surface area contributed by atoms with Crippen LogP contribution >= 0.6 is 0 Å². The highest BCUT2D eigenvalue weighted by atomic mass is 19.4. The molecule has 10 heteroatoms. The van der Waals surface area contributed by atoms with E-state index in [1.807, 2.05) is 24.3 Å². The molecule has 43 heavy (non-hydrogen) atoms. The van der Waals surface area contributed by atoms with E-state index in [4.69, 9.17) is 9.15 Å². The number of para-hydroxylation sites is 1. The van der Waals surface area contributed by atoms with E-state index in [2.05, 4.69) is 12.2 Å². The van der Waals surface area contributed by atoms with Gasteiger partial charge in [-0.1, -0.05) is 55.8 Å². The van der Waals surface area contributed by atoms with E-state index in [9.17, 15) is 27.6 Å². The molecule has 3 aromatic carbocycles. The highest BCUT2D eigenvalue weighted by Gasteiger charge is 2.30. The van der Waals surface area contributed by atoms with Gasteiger partial charge in [-0.05, 0) is 54.8 Å². The number of nitrogens with zero attached hydrogens (tertiary/aromatic N) is 1. The Morgan fingerprint density at radius 3 is 2.12 bits per heavy atom. The van der Waals surface area contributed by atoms with Crippen LogP contribution in [0.2, 0.25) is 0 Å². The maximum atomic E-state index is 13.0. The highest BCUT2D eigenvalue weighted by molar-refractivity contribution is 6.32. The van der Waals surface area contributed by atoms with Crippen LogP contribution in [0, 0.1) is 0 Å². The summed E-state index contributed by atoms with van der Waals surface area (Å²) in [5.74, 6) is -1.41. The molecular weight excluding hydrogens is 561 g/mol. The molecule has 0 atom stereocenters. The molecule has 0 saturated carbocycles. The van der Waals surface area contributed by atoms with Gasteiger partial charge in [0.05, 0.1) is 12.2 Å². The summed E-state index contributed by atoms with van der Waals surface area (Å²) < 4.78 is 49.8. The number of carbonyl (C=O) groups excluding carboxylic acids is 3. The molecule has 0 aliphatic rings. The summed E-state index contributed by atoms with van der Waals surface area (Å²) in [6.45, 7) is 3.83. The fraction of sp³-hybridized carbons (Fsp3) is 0.303. The fourth-order valence-corrected chi connectivity index (χ4v) is 4.68. The Hall–Kier alpha value is -4.60. The number of fused-ring (bicyclic) bond motifs is 1. The van der Waals surface area contributed by atoms with Crippen LogP contribution in [0.1, 0.15) is 65.1 Å². The Morgan fingerprint density at radius 2 is 1.51 bits per heavy atom. The third kappa shape index (κ3) is 8.03.